The zero-order valence-corrected chi connectivity index (χ0v) is 16.8. The molecule has 2 aromatic rings. The molecule has 1 aliphatic heterocycles. The highest BCUT2D eigenvalue weighted by Gasteiger charge is 2.28. The second kappa shape index (κ2) is 8.22. The quantitative estimate of drug-likeness (QED) is 0.619. The van der Waals surface area contributed by atoms with E-state index in [0.29, 0.717) is 18.2 Å². The number of amides is 1. The molecule has 0 aliphatic carbocycles. The molecular weight excluding hydrogens is 370 g/mol. The molecule has 1 atom stereocenters. The molecule has 0 bridgehead atoms. The summed E-state index contributed by atoms with van der Waals surface area (Å²) in [6, 6.07) is 1.74. The van der Waals surface area contributed by atoms with Gasteiger partial charge in [0.05, 0.1) is 11.4 Å². The van der Waals surface area contributed by atoms with Gasteiger partial charge < -0.3 is 14.8 Å². The van der Waals surface area contributed by atoms with Crippen molar-refractivity contribution in [3.05, 3.63) is 33.7 Å². The molecule has 1 unspecified atom stereocenters. The van der Waals surface area contributed by atoms with E-state index in [1.165, 1.54) is 17.8 Å². The van der Waals surface area contributed by atoms with E-state index in [1.807, 2.05) is 24.1 Å². The molecule has 1 N–H and O–H groups in total. The molecule has 0 aromatic carbocycles. The van der Waals surface area contributed by atoms with Crippen molar-refractivity contribution in [3.8, 4) is 0 Å². The van der Waals surface area contributed by atoms with Crippen LogP contribution in [0.3, 0.4) is 0 Å². The maximum atomic E-state index is 12.6. The molecule has 140 valence electrons. The van der Waals surface area contributed by atoms with Crippen LogP contribution >= 0.6 is 23.1 Å². The van der Waals surface area contributed by atoms with E-state index in [2.05, 4.69) is 26.8 Å². The number of rotatable bonds is 5. The number of aromatic nitrogens is 3. The van der Waals surface area contributed by atoms with E-state index in [9.17, 15) is 9.59 Å². The van der Waals surface area contributed by atoms with Crippen molar-refractivity contribution >= 4 is 34.1 Å². The average Bonchev–Trinajstić information content (AvgIpc) is 3.13. The van der Waals surface area contributed by atoms with E-state index in [0.717, 1.165) is 17.4 Å². The summed E-state index contributed by atoms with van der Waals surface area (Å²) in [7, 11) is 0. The number of carbonyl (C=O) groups excluding carboxylic acids is 1. The number of hydrogen-bond acceptors (Lipinski definition) is 7. The highest BCUT2D eigenvalue weighted by Crippen LogP contribution is 2.23. The summed E-state index contributed by atoms with van der Waals surface area (Å²) in [5.41, 5.74) is 0.568. The van der Waals surface area contributed by atoms with Gasteiger partial charge >= 0.3 is 0 Å². The van der Waals surface area contributed by atoms with Gasteiger partial charge in [0.15, 0.2) is 10.3 Å². The van der Waals surface area contributed by atoms with Gasteiger partial charge in [0.1, 0.15) is 0 Å². The summed E-state index contributed by atoms with van der Waals surface area (Å²) in [6.07, 6.45) is 1.81. The Morgan fingerprint density at radius 1 is 1.46 bits per heavy atom. The monoisotopic (exact) mass is 393 g/mol. The number of nitrogens with zero attached hydrogens (tertiary/aromatic N) is 4. The molecular formula is C17H23N5O2S2. The maximum absolute atomic E-state index is 12.6. The fourth-order valence-corrected chi connectivity index (χ4v) is 4.42. The normalized spacial score (nSPS) is 17.8. The van der Waals surface area contributed by atoms with E-state index < -0.39 is 0 Å². The van der Waals surface area contributed by atoms with Crippen molar-refractivity contribution in [1.82, 2.24) is 19.9 Å². The highest BCUT2D eigenvalue weighted by atomic mass is 32.2. The van der Waals surface area contributed by atoms with Crippen LogP contribution in [0.5, 0.6) is 0 Å². The maximum Gasteiger partial charge on any atom is 0.251 e. The van der Waals surface area contributed by atoms with Gasteiger partial charge in [-0.25, -0.2) is 9.97 Å². The number of carbonyl (C=O) groups is 1. The van der Waals surface area contributed by atoms with Crippen molar-refractivity contribution < 1.29 is 4.79 Å². The van der Waals surface area contributed by atoms with Gasteiger partial charge in [0.2, 0.25) is 5.91 Å². The first-order valence-electron chi connectivity index (χ1n) is 8.62. The minimum atomic E-state index is -0.177. The predicted octanol–water partition coefficient (Wildman–Crippen LogP) is 2.18. The van der Waals surface area contributed by atoms with E-state index in [1.54, 1.807) is 17.5 Å². The number of hydrogen-bond donors (Lipinski definition) is 1. The van der Waals surface area contributed by atoms with Gasteiger partial charge in [-0.3, -0.25) is 9.59 Å². The SMILES string of the molecule is CC(C)c1cc(=O)[nH]c(SCC(=O)N2CCN(c3nccs3)C(C)C2)n1. The standard InChI is InChI=1S/C17H23N5O2S2/c1-11(2)13-8-14(23)20-16(19-13)26-10-15(24)21-5-6-22(12(3)9-21)17-18-4-7-25-17/h4,7-8,11-12H,5-6,9-10H2,1-3H3,(H,19,20,23). The van der Waals surface area contributed by atoms with Gasteiger partial charge in [0.25, 0.3) is 5.56 Å². The first-order valence-corrected chi connectivity index (χ1v) is 10.5. The lowest BCUT2D eigenvalue weighted by atomic mass is 10.1. The second-order valence-corrected chi connectivity index (χ2v) is 8.45. The van der Waals surface area contributed by atoms with Crippen LogP contribution in [-0.2, 0) is 4.79 Å². The number of H-pyrrole nitrogens is 1. The molecule has 1 amide bonds. The molecule has 3 heterocycles. The van der Waals surface area contributed by atoms with Crippen LogP contribution in [0.15, 0.2) is 27.6 Å². The number of nitrogens with one attached hydrogen (secondary N) is 1. The van der Waals surface area contributed by atoms with Crippen molar-refractivity contribution in [2.45, 2.75) is 37.9 Å². The van der Waals surface area contributed by atoms with Crippen molar-refractivity contribution in [2.75, 3.05) is 30.3 Å². The zero-order valence-electron chi connectivity index (χ0n) is 15.1. The third-order valence-corrected chi connectivity index (χ3v) is 5.98. The van der Waals surface area contributed by atoms with Crippen LogP contribution < -0.4 is 10.5 Å². The smallest absolute Gasteiger partial charge is 0.251 e. The van der Waals surface area contributed by atoms with Gasteiger partial charge in [-0.2, -0.15) is 0 Å². The Kier molecular flexibility index (Phi) is 5.98. The Bertz CT molecular complexity index is 806. The van der Waals surface area contributed by atoms with Crippen LogP contribution in [0.1, 0.15) is 32.4 Å². The number of piperazine rings is 1. The third-order valence-electron chi connectivity index (χ3n) is 4.31. The molecule has 9 heteroatoms. The average molecular weight is 394 g/mol. The van der Waals surface area contributed by atoms with Crippen molar-refractivity contribution in [3.63, 3.8) is 0 Å². The minimum absolute atomic E-state index is 0.0678. The molecule has 0 radical (unpaired) electrons. The number of thiazole rings is 1. The van der Waals surface area contributed by atoms with E-state index >= 15 is 0 Å². The zero-order chi connectivity index (χ0) is 18.7. The minimum Gasteiger partial charge on any atom is -0.342 e. The summed E-state index contributed by atoms with van der Waals surface area (Å²) in [6.45, 7) is 8.23. The number of aromatic amines is 1. The summed E-state index contributed by atoms with van der Waals surface area (Å²) < 4.78 is 0. The van der Waals surface area contributed by atoms with Crippen molar-refractivity contribution in [1.29, 1.82) is 0 Å². The predicted molar refractivity (Wildman–Crippen MR) is 105 cm³/mol. The highest BCUT2D eigenvalue weighted by molar-refractivity contribution is 7.99. The fourth-order valence-electron chi connectivity index (χ4n) is 2.86. The van der Waals surface area contributed by atoms with Crippen LogP contribution in [0.25, 0.3) is 0 Å². The summed E-state index contributed by atoms with van der Waals surface area (Å²) in [5, 5.41) is 3.48. The van der Waals surface area contributed by atoms with Gasteiger partial charge in [-0.1, -0.05) is 25.6 Å². The Labute approximate surface area is 160 Å². The topological polar surface area (TPSA) is 82.2 Å². The molecule has 0 spiro atoms. The summed E-state index contributed by atoms with van der Waals surface area (Å²) >= 11 is 2.91. The molecule has 1 aliphatic rings. The third kappa shape index (κ3) is 4.45. The molecule has 1 fully saturated rings. The van der Waals surface area contributed by atoms with Gasteiger partial charge in [-0.05, 0) is 12.8 Å². The fraction of sp³-hybridized carbons (Fsp3) is 0.529. The second-order valence-electron chi connectivity index (χ2n) is 6.62. The Balaban J connectivity index is 1.57. The van der Waals surface area contributed by atoms with E-state index in [-0.39, 0.29) is 29.2 Å². The lowest BCUT2D eigenvalue weighted by molar-refractivity contribution is -0.129. The first kappa shape index (κ1) is 18.9. The molecule has 2 aromatic heterocycles. The Hall–Kier alpha value is -1.87. The van der Waals surface area contributed by atoms with E-state index in [4.69, 9.17) is 0 Å². The Morgan fingerprint density at radius 3 is 2.92 bits per heavy atom. The van der Waals surface area contributed by atoms with Gasteiger partial charge in [0, 0.05) is 43.3 Å². The van der Waals surface area contributed by atoms with Crippen LogP contribution in [0, 0.1) is 0 Å². The lowest BCUT2D eigenvalue weighted by Gasteiger charge is -2.39. The number of thioether (sulfide) groups is 1. The molecule has 0 saturated carbocycles. The first-order chi connectivity index (χ1) is 12.4. The molecule has 26 heavy (non-hydrogen) atoms. The summed E-state index contributed by atoms with van der Waals surface area (Å²) in [5.74, 6) is 0.513. The number of anilines is 1. The lowest BCUT2D eigenvalue weighted by Crippen LogP contribution is -2.54. The van der Waals surface area contributed by atoms with Crippen molar-refractivity contribution in [2.24, 2.45) is 0 Å². The molecule has 3 rings (SSSR count). The Morgan fingerprint density at radius 2 is 2.27 bits per heavy atom. The van der Waals surface area contributed by atoms with Crippen LogP contribution in [0.4, 0.5) is 5.13 Å². The van der Waals surface area contributed by atoms with Crippen LogP contribution in [0.2, 0.25) is 0 Å². The van der Waals surface area contributed by atoms with Gasteiger partial charge in [-0.15, -0.1) is 11.3 Å². The summed E-state index contributed by atoms with van der Waals surface area (Å²) in [4.78, 5) is 39.9. The molecule has 7 nitrogen and oxygen atoms in total. The largest absolute Gasteiger partial charge is 0.342 e. The van der Waals surface area contributed by atoms with Crippen LogP contribution in [-0.4, -0.2) is 57.2 Å². The molecule has 1 saturated heterocycles.